The van der Waals surface area contributed by atoms with Crippen LogP contribution in [-0.2, 0) is 7.05 Å². The number of rotatable bonds is 1. The van der Waals surface area contributed by atoms with Crippen molar-refractivity contribution in [1.29, 1.82) is 0 Å². The van der Waals surface area contributed by atoms with Crippen LogP contribution in [0.4, 0.5) is 0 Å². The normalized spacial score (nSPS) is 24.1. The number of nitrogens with zero attached hydrogens (tertiary/aromatic N) is 2. The van der Waals surface area contributed by atoms with Crippen LogP contribution in [0.2, 0.25) is 0 Å². The Morgan fingerprint density at radius 1 is 1.50 bits per heavy atom. The molecule has 1 aromatic heterocycles. The number of likely N-dealkylation sites (tertiary alicyclic amines) is 1. The van der Waals surface area contributed by atoms with Gasteiger partial charge < -0.3 is 9.47 Å². The van der Waals surface area contributed by atoms with Crippen LogP contribution in [0, 0.1) is 5.92 Å². The maximum atomic E-state index is 12.3. The lowest BCUT2D eigenvalue weighted by Crippen LogP contribution is -2.43. The summed E-state index contributed by atoms with van der Waals surface area (Å²) in [6.07, 6.45) is 2.42. The van der Waals surface area contributed by atoms with Gasteiger partial charge in [0.15, 0.2) is 0 Å². The molecule has 1 saturated heterocycles. The summed E-state index contributed by atoms with van der Waals surface area (Å²) < 4.78 is 1.45. The second-order valence-corrected chi connectivity index (χ2v) is 5.46. The van der Waals surface area contributed by atoms with Gasteiger partial charge in [0, 0.05) is 43.3 Å². The van der Waals surface area contributed by atoms with Gasteiger partial charge in [-0.2, -0.15) is 0 Å². The first kappa shape index (κ1) is 13.1. The molecule has 2 unspecified atom stereocenters. The molecule has 4 nitrogen and oxygen atoms in total. The fourth-order valence-electron chi connectivity index (χ4n) is 2.17. The van der Waals surface area contributed by atoms with Gasteiger partial charge in [-0.15, -0.1) is 11.6 Å². The summed E-state index contributed by atoms with van der Waals surface area (Å²) in [5, 5.41) is 0.137. The van der Waals surface area contributed by atoms with Gasteiger partial charge in [-0.25, -0.2) is 0 Å². The molecule has 0 radical (unpaired) electrons. The Kier molecular flexibility index (Phi) is 3.76. The zero-order valence-electron chi connectivity index (χ0n) is 10.6. The molecule has 0 aromatic carbocycles. The maximum Gasteiger partial charge on any atom is 0.254 e. The molecular weight excluding hydrogens is 252 g/mol. The number of piperidine rings is 1. The van der Waals surface area contributed by atoms with Crippen molar-refractivity contribution in [3.63, 3.8) is 0 Å². The van der Waals surface area contributed by atoms with E-state index in [-0.39, 0.29) is 22.8 Å². The van der Waals surface area contributed by atoms with Crippen LogP contribution in [0.1, 0.15) is 23.7 Å². The average molecular weight is 269 g/mol. The lowest BCUT2D eigenvalue weighted by Gasteiger charge is -2.34. The van der Waals surface area contributed by atoms with Crippen LogP contribution in [0.5, 0.6) is 0 Å². The number of hydrogen-bond acceptors (Lipinski definition) is 2. The zero-order chi connectivity index (χ0) is 13.3. The quantitative estimate of drug-likeness (QED) is 0.724. The number of aryl methyl sites for hydroxylation is 1. The van der Waals surface area contributed by atoms with E-state index in [9.17, 15) is 9.59 Å². The van der Waals surface area contributed by atoms with Gasteiger partial charge in [0.25, 0.3) is 11.5 Å². The fraction of sp³-hybridized carbons (Fsp3) is 0.538. The lowest BCUT2D eigenvalue weighted by atomic mass is 9.99. The van der Waals surface area contributed by atoms with Crippen molar-refractivity contribution in [2.45, 2.75) is 18.7 Å². The molecule has 2 rings (SSSR count). The van der Waals surface area contributed by atoms with Gasteiger partial charge in [0.05, 0.1) is 0 Å². The molecule has 0 saturated carbocycles. The van der Waals surface area contributed by atoms with E-state index in [2.05, 4.69) is 0 Å². The minimum absolute atomic E-state index is 0.0804. The molecule has 0 aliphatic carbocycles. The Hall–Kier alpha value is -1.29. The van der Waals surface area contributed by atoms with Crippen LogP contribution in [0.3, 0.4) is 0 Å². The fourth-order valence-corrected chi connectivity index (χ4v) is 2.34. The molecular formula is C13H17ClN2O2. The van der Waals surface area contributed by atoms with Gasteiger partial charge in [-0.3, -0.25) is 9.59 Å². The molecule has 0 bridgehead atoms. The molecule has 2 heterocycles. The number of halogens is 1. The molecule has 18 heavy (non-hydrogen) atoms. The predicted molar refractivity (Wildman–Crippen MR) is 71.0 cm³/mol. The van der Waals surface area contributed by atoms with Gasteiger partial charge >= 0.3 is 0 Å². The molecule has 1 amide bonds. The standard InChI is InChI=1S/C13H17ClN2O2/c1-9-8-16(6-4-11(9)14)13(18)10-3-5-15(2)12(17)7-10/h3,5,7,9,11H,4,6,8H2,1-2H3. The van der Waals surface area contributed by atoms with Crippen molar-refractivity contribution in [2.24, 2.45) is 13.0 Å². The lowest BCUT2D eigenvalue weighted by molar-refractivity contribution is 0.0686. The first-order chi connectivity index (χ1) is 8.49. The molecule has 0 spiro atoms. The summed E-state index contributed by atoms with van der Waals surface area (Å²) in [5.74, 6) is 0.207. The van der Waals surface area contributed by atoms with Crippen molar-refractivity contribution in [2.75, 3.05) is 13.1 Å². The summed E-state index contributed by atoms with van der Waals surface area (Å²) in [4.78, 5) is 25.5. The van der Waals surface area contributed by atoms with Crippen LogP contribution in [0.15, 0.2) is 23.1 Å². The molecule has 5 heteroatoms. The Morgan fingerprint density at radius 3 is 2.83 bits per heavy atom. The van der Waals surface area contributed by atoms with Crippen molar-refractivity contribution in [3.8, 4) is 0 Å². The second kappa shape index (κ2) is 5.14. The van der Waals surface area contributed by atoms with Crippen molar-refractivity contribution in [1.82, 2.24) is 9.47 Å². The predicted octanol–water partition coefficient (Wildman–Crippen LogP) is 1.47. The Bertz CT molecular complexity index is 512. The van der Waals surface area contributed by atoms with Crippen LogP contribution in [-0.4, -0.2) is 33.8 Å². The van der Waals surface area contributed by atoms with E-state index in [1.165, 1.54) is 10.6 Å². The van der Waals surface area contributed by atoms with Crippen LogP contribution in [0.25, 0.3) is 0 Å². The monoisotopic (exact) mass is 268 g/mol. The van der Waals surface area contributed by atoms with E-state index in [1.54, 1.807) is 24.2 Å². The number of carbonyl (C=O) groups excluding carboxylic acids is 1. The molecule has 0 N–H and O–H groups in total. The third-order valence-corrected chi connectivity index (χ3v) is 4.09. The minimum atomic E-state index is -0.166. The zero-order valence-corrected chi connectivity index (χ0v) is 11.4. The van der Waals surface area contributed by atoms with Crippen molar-refractivity contribution < 1.29 is 4.79 Å². The van der Waals surface area contributed by atoms with Gasteiger partial charge in [0.2, 0.25) is 0 Å². The molecule has 1 aromatic rings. The minimum Gasteiger partial charge on any atom is -0.338 e. The number of carbonyl (C=O) groups is 1. The van der Waals surface area contributed by atoms with Crippen LogP contribution >= 0.6 is 11.6 Å². The Labute approximate surface area is 111 Å². The second-order valence-electron chi connectivity index (χ2n) is 4.90. The maximum absolute atomic E-state index is 12.3. The number of amides is 1. The molecule has 1 aliphatic rings. The highest BCUT2D eigenvalue weighted by atomic mass is 35.5. The third-order valence-electron chi connectivity index (χ3n) is 3.44. The molecule has 2 atom stereocenters. The first-order valence-corrected chi connectivity index (χ1v) is 6.52. The number of pyridine rings is 1. The largest absolute Gasteiger partial charge is 0.338 e. The Morgan fingerprint density at radius 2 is 2.22 bits per heavy atom. The van der Waals surface area contributed by atoms with Gasteiger partial charge in [-0.05, 0) is 18.4 Å². The third kappa shape index (κ3) is 2.58. The summed E-state index contributed by atoms with van der Waals surface area (Å²) >= 11 is 6.14. The molecule has 1 aliphatic heterocycles. The highest BCUT2D eigenvalue weighted by Crippen LogP contribution is 2.22. The van der Waals surface area contributed by atoms with E-state index in [4.69, 9.17) is 11.6 Å². The average Bonchev–Trinajstić information content (AvgIpc) is 2.35. The van der Waals surface area contributed by atoms with Crippen molar-refractivity contribution >= 4 is 17.5 Å². The van der Waals surface area contributed by atoms with E-state index in [0.29, 0.717) is 18.7 Å². The highest BCUT2D eigenvalue weighted by Gasteiger charge is 2.27. The van der Waals surface area contributed by atoms with E-state index in [1.807, 2.05) is 6.92 Å². The smallest absolute Gasteiger partial charge is 0.254 e. The van der Waals surface area contributed by atoms with Crippen molar-refractivity contribution in [3.05, 3.63) is 34.2 Å². The molecule has 1 fully saturated rings. The summed E-state index contributed by atoms with van der Waals surface area (Å²) in [6, 6.07) is 3.07. The molecule has 98 valence electrons. The summed E-state index contributed by atoms with van der Waals surface area (Å²) in [7, 11) is 1.66. The first-order valence-electron chi connectivity index (χ1n) is 6.09. The van der Waals surface area contributed by atoms with E-state index in [0.717, 1.165) is 6.42 Å². The van der Waals surface area contributed by atoms with Crippen LogP contribution < -0.4 is 5.56 Å². The van der Waals surface area contributed by atoms with Gasteiger partial charge in [0.1, 0.15) is 0 Å². The Balaban J connectivity index is 2.16. The summed E-state index contributed by atoms with van der Waals surface area (Å²) in [5.41, 5.74) is 0.291. The number of hydrogen-bond donors (Lipinski definition) is 0. The van der Waals surface area contributed by atoms with E-state index >= 15 is 0 Å². The van der Waals surface area contributed by atoms with Gasteiger partial charge in [-0.1, -0.05) is 6.92 Å². The highest BCUT2D eigenvalue weighted by molar-refractivity contribution is 6.20. The van der Waals surface area contributed by atoms with E-state index < -0.39 is 0 Å². The number of aromatic nitrogens is 1. The SMILES string of the molecule is CC1CN(C(=O)c2ccn(C)c(=O)c2)CCC1Cl. The topological polar surface area (TPSA) is 42.3 Å². The number of alkyl halides is 1. The summed E-state index contributed by atoms with van der Waals surface area (Å²) in [6.45, 7) is 3.36.